The highest BCUT2D eigenvalue weighted by atomic mass is 15.2. The minimum atomic E-state index is 0.154. The van der Waals surface area contributed by atoms with Gasteiger partial charge in [0.25, 0.3) is 0 Å². The van der Waals surface area contributed by atoms with Crippen LogP contribution in [0.4, 0.5) is 5.82 Å². The third-order valence-corrected chi connectivity index (χ3v) is 4.60. The first-order valence-electron chi connectivity index (χ1n) is 7.81. The number of fused-ring (bicyclic) bond motifs is 1. The number of pyridine rings is 1. The normalized spacial score (nSPS) is 21.2. The maximum Gasteiger partial charge on any atom is 0.139 e. The molecule has 4 nitrogen and oxygen atoms in total. The summed E-state index contributed by atoms with van der Waals surface area (Å²) in [4.78, 5) is 7.20. The molecule has 0 saturated carbocycles. The quantitative estimate of drug-likeness (QED) is 0.653. The Labute approximate surface area is 120 Å². The average molecular weight is 272 g/mol. The van der Waals surface area contributed by atoms with Crippen LogP contribution in [0.3, 0.4) is 0 Å². The van der Waals surface area contributed by atoms with E-state index in [1.165, 1.54) is 36.9 Å². The number of hydrogen-bond acceptors (Lipinski definition) is 3. The number of hydrogen-bond donors (Lipinski definition) is 2. The number of rotatable bonds is 4. The van der Waals surface area contributed by atoms with Crippen LogP contribution in [-0.4, -0.2) is 23.9 Å². The lowest BCUT2D eigenvalue weighted by Gasteiger charge is -2.21. The zero-order chi connectivity index (χ0) is 14.1. The molecule has 1 atom stereocenters. The summed E-state index contributed by atoms with van der Waals surface area (Å²) in [6, 6.07) is 2.11. The van der Waals surface area contributed by atoms with Gasteiger partial charge in [-0.25, -0.2) is 4.98 Å². The van der Waals surface area contributed by atoms with Crippen molar-refractivity contribution in [3.63, 3.8) is 0 Å². The molecule has 108 valence electrons. The number of nitrogens with zero attached hydrogens (tertiary/aromatic N) is 2. The van der Waals surface area contributed by atoms with E-state index in [1.807, 2.05) is 0 Å². The summed E-state index contributed by atoms with van der Waals surface area (Å²) in [7, 11) is 0. The summed E-state index contributed by atoms with van der Waals surface area (Å²) in [6.45, 7) is 4.37. The molecule has 1 fully saturated rings. The highest BCUT2D eigenvalue weighted by Gasteiger charge is 2.27. The minimum Gasteiger partial charge on any atom is -0.384 e. The molecule has 3 N–H and O–H groups in total. The fraction of sp³-hybridized carbons (Fsp3) is 0.625. The highest BCUT2D eigenvalue weighted by Crippen LogP contribution is 2.31. The molecule has 20 heavy (non-hydrogen) atoms. The lowest BCUT2D eigenvalue weighted by molar-refractivity contribution is 0.529. The molecule has 2 aliphatic rings. The molecule has 0 radical (unpaired) electrons. The average Bonchev–Trinajstić information content (AvgIpc) is 3.05. The highest BCUT2D eigenvalue weighted by molar-refractivity contribution is 6.00. The summed E-state index contributed by atoms with van der Waals surface area (Å²) in [6.07, 6.45) is 7.12. The van der Waals surface area contributed by atoms with Crippen molar-refractivity contribution in [1.82, 2.24) is 4.98 Å². The maximum atomic E-state index is 7.85. The maximum absolute atomic E-state index is 7.85. The predicted octanol–water partition coefficient (Wildman–Crippen LogP) is 2.48. The van der Waals surface area contributed by atoms with Crippen molar-refractivity contribution < 1.29 is 0 Å². The molecule has 1 aromatic heterocycles. The SMILES string of the molecule is CCCC1CCN(c2nc3c(cc2C(=N)N)CCC3)C1. The second-order valence-corrected chi connectivity index (χ2v) is 6.12. The van der Waals surface area contributed by atoms with Crippen molar-refractivity contribution in [3.8, 4) is 0 Å². The standard InChI is InChI=1S/C16H24N4/c1-2-4-11-7-8-20(10-11)16-13(15(17)18)9-12-5-3-6-14(12)19-16/h9,11H,2-8,10H2,1H3,(H3,17,18). The molecule has 1 saturated heterocycles. The number of aromatic nitrogens is 1. The summed E-state index contributed by atoms with van der Waals surface area (Å²) in [5.74, 6) is 1.88. The predicted molar refractivity (Wildman–Crippen MR) is 82.5 cm³/mol. The number of aryl methyl sites for hydroxylation is 2. The van der Waals surface area contributed by atoms with Crippen LogP contribution in [0.15, 0.2) is 6.07 Å². The van der Waals surface area contributed by atoms with Gasteiger partial charge in [0.2, 0.25) is 0 Å². The van der Waals surface area contributed by atoms with Crippen LogP contribution in [0, 0.1) is 11.3 Å². The summed E-state index contributed by atoms with van der Waals surface area (Å²) in [5, 5.41) is 7.85. The van der Waals surface area contributed by atoms with E-state index in [1.54, 1.807) is 0 Å². The van der Waals surface area contributed by atoms with E-state index in [2.05, 4.69) is 17.9 Å². The van der Waals surface area contributed by atoms with Gasteiger partial charge in [0.15, 0.2) is 0 Å². The summed E-state index contributed by atoms with van der Waals surface area (Å²) >= 11 is 0. The Morgan fingerprint density at radius 1 is 1.50 bits per heavy atom. The molecule has 1 aliphatic heterocycles. The molecule has 3 rings (SSSR count). The topological polar surface area (TPSA) is 66.0 Å². The van der Waals surface area contributed by atoms with Crippen molar-refractivity contribution in [3.05, 3.63) is 22.9 Å². The molecule has 1 aliphatic carbocycles. The Morgan fingerprint density at radius 3 is 3.10 bits per heavy atom. The van der Waals surface area contributed by atoms with E-state index in [9.17, 15) is 0 Å². The third kappa shape index (κ3) is 2.39. The number of nitrogens with one attached hydrogen (secondary N) is 1. The second-order valence-electron chi connectivity index (χ2n) is 6.12. The van der Waals surface area contributed by atoms with Crippen molar-refractivity contribution in [2.75, 3.05) is 18.0 Å². The Kier molecular flexibility index (Phi) is 3.64. The van der Waals surface area contributed by atoms with Gasteiger partial charge in [0.05, 0.1) is 5.56 Å². The molecule has 1 unspecified atom stereocenters. The second kappa shape index (κ2) is 5.43. The first-order chi connectivity index (χ1) is 9.69. The Morgan fingerprint density at radius 2 is 2.35 bits per heavy atom. The lowest BCUT2D eigenvalue weighted by atomic mass is 10.0. The van der Waals surface area contributed by atoms with Crippen LogP contribution in [0.1, 0.15) is 49.4 Å². The first-order valence-corrected chi connectivity index (χ1v) is 7.81. The molecule has 4 heteroatoms. The molecular formula is C16H24N4. The van der Waals surface area contributed by atoms with Crippen LogP contribution < -0.4 is 10.6 Å². The van der Waals surface area contributed by atoms with E-state index in [4.69, 9.17) is 16.1 Å². The van der Waals surface area contributed by atoms with E-state index < -0.39 is 0 Å². The number of amidine groups is 1. The van der Waals surface area contributed by atoms with Crippen molar-refractivity contribution in [2.45, 2.75) is 45.4 Å². The molecular weight excluding hydrogens is 248 g/mol. The van der Waals surface area contributed by atoms with Crippen LogP contribution in [0.2, 0.25) is 0 Å². The zero-order valence-electron chi connectivity index (χ0n) is 12.3. The molecule has 0 amide bonds. The molecule has 1 aromatic rings. The van der Waals surface area contributed by atoms with E-state index in [-0.39, 0.29) is 5.84 Å². The van der Waals surface area contributed by atoms with Crippen LogP contribution in [-0.2, 0) is 12.8 Å². The largest absolute Gasteiger partial charge is 0.384 e. The molecule has 0 spiro atoms. The van der Waals surface area contributed by atoms with Crippen molar-refractivity contribution in [2.24, 2.45) is 11.7 Å². The van der Waals surface area contributed by atoms with Crippen LogP contribution in [0.5, 0.6) is 0 Å². The van der Waals surface area contributed by atoms with Crippen LogP contribution >= 0.6 is 0 Å². The molecule has 0 bridgehead atoms. The first kappa shape index (κ1) is 13.4. The fourth-order valence-corrected chi connectivity index (χ4v) is 3.57. The van der Waals surface area contributed by atoms with E-state index >= 15 is 0 Å². The third-order valence-electron chi connectivity index (χ3n) is 4.60. The van der Waals surface area contributed by atoms with Crippen molar-refractivity contribution >= 4 is 11.7 Å². The van der Waals surface area contributed by atoms with Gasteiger partial charge in [-0.15, -0.1) is 0 Å². The van der Waals surface area contributed by atoms with Gasteiger partial charge in [-0.1, -0.05) is 13.3 Å². The molecule has 2 heterocycles. The van der Waals surface area contributed by atoms with Crippen molar-refractivity contribution in [1.29, 1.82) is 5.41 Å². The van der Waals surface area contributed by atoms with Crippen LogP contribution in [0.25, 0.3) is 0 Å². The zero-order valence-corrected chi connectivity index (χ0v) is 12.3. The van der Waals surface area contributed by atoms with Gasteiger partial charge >= 0.3 is 0 Å². The van der Waals surface area contributed by atoms with Gasteiger partial charge in [-0.3, -0.25) is 5.41 Å². The lowest BCUT2D eigenvalue weighted by Crippen LogP contribution is -2.26. The molecule has 0 aromatic carbocycles. The monoisotopic (exact) mass is 272 g/mol. The number of nitrogens with two attached hydrogens (primary N) is 1. The number of nitrogen functional groups attached to an aromatic ring is 1. The number of anilines is 1. The Bertz CT molecular complexity index is 523. The Hall–Kier alpha value is -1.58. The summed E-state index contributed by atoms with van der Waals surface area (Å²) < 4.78 is 0. The van der Waals surface area contributed by atoms with E-state index in [0.717, 1.165) is 43.2 Å². The smallest absolute Gasteiger partial charge is 0.139 e. The fourth-order valence-electron chi connectivity index (χ4n) is 3.57. The summed E-state index contributed by atoms with van der Waals surface area (Å²) in [5.41, 5.74) is 9.14. The van der Waals surface area contributed by atoms with Gasteiger partial charge < -0.3 is 10.6 Å². The van der Waals surface area contributed by atoms with Gasteiger partial charge in [-0.2, -0.15) is 0 Å². The van der Waals surface area contributed by atoms with Gasteiger partial charge in [-0.05, 0) is 49.7 Å². The minimum absolute atomic E-state index is 0.154. The Balaban J connectivity index is 1.90. The van der Waals surface area contributed by atoms with Gasteiger partial charge in [0, 0.05) is 18.8 Å². The van der Waals surface area contributed by atoms with Gasteiger partial charge in [0.1, 0.15) is 11.7 Å². The van der Waals surface area contributed by atoms with E-state index in [0.29, 0.717) is 0 Å².